The molecule has 37 heavy (non-hydrogen) atoms. The van der Waals surface area contributed by atoms with Gasteiger partial charge in [-0.05, 0) is 38.8 Å². The molecular weight excluding hydrogens is 483 g/mol. The van der Waals surface area contributed by atoms with Gasteiger partial charge in [-0.25, -0.2) is 4.39 Å². The standard InChI is InChI=1S/C25H31FN6O5/c1-13(14(2)33)29-25(37)19(10-22(27)34)30-24(36)17-12-32(15-3-4-15)20-11-21(31-7-5-28-6-8-31)18(26)9-16(20)23(17)35/h9,11-13,15,19,28H,3-8,10H2,1-2H3,(H2,27,34)(H,29,37)(H,30,36)/t13-,19+/m0/s1. The number of nitrogens with one attached hydrogen (secondary N) is 3. The minimum absolute atomic E-state index is 0.0528. The second-order valence-corrected chi connectivity index (χ2v) is 9.61. The summed E-state index contributed by atoms with van der Waals surface area (Å²) in [6.07, 6.45) is 2.58. The normalized spacial score (nSPS) is 17.2. The van der Waals surface area contributed by atoms with Crippen LogP contribution < -0.4 is 32.0 Å². The van der Waals surface area contributed by atoms with E-state index in [-0.39, 0.29) is 22.8 Å². The van der Waals surface area contributed by atoms with E-state index in [1.165, 1.54) is 20.0 Å². The van der Waals surface area contributed by atoms with E-state index in [9.17, 15) is 24.0 Å². The zero-order valence-corrected chi connectivity index (χ0v) is 20.8. The van der Waals surface area contributed by atoms with Gasteiger partial charge >= 0.3 is 0 Å². The van der Waals surface area contributed by atoms with E-state index in [4.69, 9.17) is 5.73 Å². The molecule has 1 aliphatic carbocycles. The number of nitrogens with two attached hydrogens (primary N) is 1. The first kappa shape index (κ1) is 26.3. The van der Waals surface area contributed by atoms with Crippen molar-refractivity contribution in [2.45, 2.75) is 51.2 Å². The lowest BCUT2D eigenvalue weighted by Crippen LogP contribution is -2.52. The molecule has 11 nitrogen and oxygen atoms in total. The molecule has 1 saturated carbocycles. The molecule has 12 heteroatoms. The molecule has 3 amide bonds. The van der Waals surface area contributed by atoms with Crippen LogP contribution in [0.25, 0.3) is 10.9 Å². The molecule has 2 heterocycles. The van der Waals surface area contributed by atoms with E-state index in [1.807, 2.05) is 4.90 Å². The summed E-state index contributed by atoms with van der Waals surface area (Å²) in [7, 11) is 0. The van der Waals surface area contributed by atoms with Crippen molar-refractivity contribution < 1.29 is 23.6 Å². The Morgan fingerprint density at radius 1 is 1.16 bits per heavy atom. The maximum Gasteiger partial charge on any atom is 0.257 e. The number of amides is 3. The van der Waals surface area contributed by atoms with Crippen LogP contribution in [0.2, 0.25) is 0 Å². The first-order chi connectivity index (χ1) is 17.6. The smallest absolute Gasteiger partial charge is 0.257 e. The number of primary amides is 1. The van der Waals surface area contributed by atoms with Gasteiger partial charge in [-0.2, -0.15) is 0 Å². The van der Waals surface area contributed by atoms with Crippen LogP contribution in [0.3, 0.4) is 0 Å². The number of Topliss-reactive ketones (excluding diaryl/α,β-unsaturated/α-hetero) is 1. The van der Waals surface area contributed by atoms with Gasteiger partial charge in [-0.3, -0.25) is 24.0 Å². The van der Waals surface area contributed by atoms with Crippen LogP contribution in [0, 0.1) is 5.82 Å². The number of halogens is 1. The van der Waals surface area contributed by atoms with Crippen LogP contribution in [0.15, 0.2) is 23.1 Å². The highest BCUT2D eigenvalue weighted by Crippen LogP contribution is 2.38. The van der Waals surface area contributed by atoms with Crippen LogP contribution in [0.4, 0.5) is 10.1 Å². The van der Waals surface area contributed by atoms with Gasteiger partial charge in [-0.15, -0.1) is 0 Å². The van der Waals surface area contributed by atoms with E-state index >= 15 is 4.39 Å². The molecule has 2 aliphatic rings. The van der Waals surface area contributed by atoms with Gasteiger partial charge in [0.15, 0.2) is 5.78 Å². The lowest BCUT2D eigenvalue weighted by Gasteiger charge is -2.30. The van der Waals surface area contributed by atoms with E-state index < -0.39 is 47.5 Å². The predicted octanol–water partition coefficient (Wildman–Crippen LogP) is -0.0474. The van der Waals surface area contributed by atoms with E-state index in [0.29, 0.717) is 24.3 Å². The minimum atomic E-state index is -1.40. The number of aromatic nitrogens is 1. The summed E-state index contributed by atoms with van der Waals surface area (Å²) >= 11 is 0. The molecule has 0 unspecified atom stereocenters. The molecule has 1 saturated heterocycles. The van der Waals surface area contributed by atoms with E-state index in [0.717, 1.165) is 32.0 Å². The van der Waals surface area contributed by atoms with Crippen LogP contribution >= 0.6 is 0 Å². The predicted molar refractivity (Wildman–Crippen MR) is 135 cm³/mol. The molecule has 0 radical (unpaired) electrons. The Balaban J connectivity index is 1.70. The number of ketones is 1. The van der Waals surface area contributed by atoms with E-state index in [2.05, 4.69) is 16.0 Å². The second kappa shape index (κ2) is 10.7. The number of piperazine rings is 1. The number of hydrogen-bond acceptors (Lipinski definition) is 7. The summed E-state index contributed by atoms with van der Waals surface area (Å²) in [5, 5.41) is 8.09. The molecule has 2 aromatic rings. The monoisotopic (exact) mass is 514 g/mol. The molecule has 2 fully saturated rings. The molecule has 4 rings (SSSR count). The number of anilines is 1. The molecule has 0 spiro atoms. The summed E-state index contributed by atoms with van der Waals surface area (Å²) < 4.78 is 17.0. The zero-order chi connectivity index (χ0) is 26.9. The van der Waals surface area contributed by atoms with E-state index in [1.54, 1.807) is 10.6 Å². The van der Waals surface area contributed by atoms with Crippen LogP contribution in [-0.2, 0) is 14.4 Å². The molecule has 0 bridgehead atoms. The van der Waals surface area contributed by atoms with Gasteiger partial charge < -0.3 is 31.2 Å². The number of nitrogens with zero attached hydrogens (tertiary/aromatic N) is 2. The van der Waals surface area contributed by atoms with Crippen LogP contribution in [0.5, 0.6) is 0 Å². The third-order valence-electron chi connectivity index (χ3n) is 6.74. The Bertz CT molecular complexity index is 1310. The number of carbonyl (C=O) groups is 4. The summed E-state index contributed by atoms with van der Waals surface area (Å²) in [5.41, 5.74) is 5.21. The van der Waals surface area contributed by atoms with Crippen molar-refractivity contribution in [3.63, 3.8) is 0 Å². The summed E-state index contributed by atoms with van der Waals surface area (Å²) in [5.74, 6) is -3.42. The number of pyridine rings is 1. The van der Waals surface area contributed by atoms with Crippen molar-refractivity contribution in [2.24, 2.45) is 5.73 Å². The van der Waals surface area contributed by atoms with Gasteiger partial charge in [0.05, 0.1) is 23.7 Å². The highest BCUT2D eigenvalue weighted by atomic mass is 19.1. The third-order valence-corrected chi connectivity index (χ3v) is 6.74. The highest BCUT2D eigenvalue weighted by molar-refractivity contribution is 6.01. The molecule has 5 N–H and O–H groups in total. The minimum Gasteiger partial charge on any atom is -0.370 e. The summed E-state index contributed by atoms with van der Waals surface area (Å²) in [6.45, 7) is 5.44. The number of rotatable bonds is 9. The van der Waals surface area contributed by atoms with Crippen molar-refractivity contribution in [1.29, 1.82) is 0 Å². The Labute approximate surface area is 212 Å². The molecule has 1 aliphatic heterocycles. The Morgan fingerprint density at radius 2 is 1.84 bits per heavy atom. The Kier molecular flexibility index (Phi) is 7.58. The molecular formula is C25H31FN6O5. The lowest BCUT2D eigenvalue weighted by atomic mass is 10.1. The molecule has 2 atom stereocenters. The largest absolute Gasteiger partial charge is 0.370 e. The third kappa shape index (κ3) is 5.79. The van der Waals surface area contributed by atoms with Crippen molar-refractivity contribution in [1.82, 2.24) is 20.5 Å². The van der Waals surface area contributed by atoms with Gasteiger partial charge in [0.2, 0.25) is 17.2 Å². The summed E-state index contributed by atoms with van der Waals surface area (Å²) in [6, 6.07) is 0.622. The average molecular weight is 515 g/mol. The van der Waals surface area contributed by atoms with Crippen molar-refractivity contribution in [3.8, 4) is 0 Å². The van der Waals surface area contributed by atoms with Crippen molar-refractivity contribution >= 4 is 40.1 Å². The fourth-order valence-electron chi connectivity index (χ4n) is 4.39. The summed E-state index contributed by atoms with van der Waals surface area (Å²) in [4.78, 5) is 64.2. The first-order valence-electron chi connectivity index (χ1n) is 12.3. The molecule has 1 aromatic heterocycles. The number of benzene rings is 1. The molecule has 1 aromatic carbocycles. The fraction of sp³-hybridized carbons (Fsp3) is 0.480. The first-order valence-corrected chi connectivity index (χ1v) is 12.3. The number of hydrogen-bond donors (Lipinski definition) is 4. The Hall–Kier alpha value is -3.80. The van der Waals surface area contributed by atoms with Crippen molar-refractivity contribution in [2.75, 3.05) is 31.1 Å². The average Bonchev–Trinajstić information content (AvgIpc) is 3.69. The topological polar surface area (TPSA) is 156 Å². The lowest BCUT2D eigenvalue weighted by molar-refractivity contribution is -0.129. The van der Waals surface area contributed by atoms with Crippen molar-refractivity contribution in [3.05, 3.63) is 39.9 Å². The molecule has 198 valence electrons. The quantitative estimate of drug-likeness (QED) is 0.366. The maximum atomic E-state index is 15.2. The second-order valence-electron chi connectivity index (χ2n) is 9.61. The van der Waals surface area contributed by atoms with Gasteiger partial charge in [0.1, 0.15) is 17.4 Å². The SMILES string of the molecule is CC(=O)[C@H](C)NC(=O)[C@@H](CC(N)=O)NC(=O)c1cn(C2CC2)c2cc(N3CCNCC3)c(F)cc2c1=O. The number of carbonyl (C=O) groups excluding carboxylic acids is 4. The van der Waals surface area contributed by atoms with Crippen LogP contribution in [-0.4, -0.2) is 66.3 Å². The van der Waals surface area contributed by atoms with Gasteiger partial charge in [-0.1, -0.05) is 0 Å². The maximum absolute atomic E-state index is 15.2. The fourth-order valence-corrected chi connectivity index (χ4v) is 4.39. The number of fused-ring (bicyclic) bond motifs is 1. The Morgan fingerprint density at radius 3 is 2.43 bits per heavy atom. The van der Waals surface area contributed by atoms with Gasteiger partial charge in [0, 0.05) is 43.8 Å². The van der Waals surface area contributed by atoms with Gasteiger partial charge in [0.25, 0.3) is 5.91 Å². The highest BCUT2D eigenvalue weighted by Gasteiger charge is 2.30. The zero-order valence-electron chi connectivity index (χ0n) is 20.8. The van der Waals surface area contributed by atoms with Crippen LogP contribution in [0.1, 0.15) is 49.5 Å².